The third-order valence-corrected chi connectivity index (χ3v) is 1.99. The van der Waals surface area contributed by atoms with Gasteiger partial charge < -0.3 is 10.8 Å². The molecule has 0 spiro atoms. The maximum absolute atomic E-state index is 9.50. The molecule has 0 aliphatic heterocycles. The summed E-state index contributed by atoms with van der Waals surface area (Å²) < 4.78 is 0. The van der Waals surface area contributed by atoms with Crippen LogP contribution in [0.5, 0.6) is 0 Å². The second-order valence-electron chi connectivity index (χ2n) is 3.26. The molecular formula is C7H15NO. The lowest BCUT2D eigenvalue weighted by molar-refractivity contribution is -0.0438. The Bertz CT molecular complexity index is 97.1. The van der Waals surface area contributed by atoms with Crippen molar-refractivity contribution in [2.24, 2.45) is 5.73 Å². The summed E-state index contributed by atoms with van der Waals surface area (Å²) in [6.45, 7) is 1.94. The van der Waals surface area contributed by atoms with Gasteiger partial charge in [0, 0.05) is 6.04 Å². The highest BCUT2D eigenvalue weighted by atomic mass is 16.3. The molecule has 0 heterocycles. The van der Waals surface area contributed by atoms with Crippen LogP contribution in [-0.4, -0.2) is 16.7 Å². The fourth-order valence-electron chi connectivity index (χ4n) is 1.39. The molecule has 0 aromatic heterocycles. The minimum Gasteiger partial charge on any atom is -0.390 e. The zero-order valence-corrected chi connectivity index (χ0v) is 5.93. The average Bonchev–Trinajstić information content (AvgIpc) is 1.60. The van der Waals surface area contributed by atoms with Crippen LogP contribution in [0.15, 0.2) is 0 Å². The Morgan fingerprint density at radius 2 is 2.22 bits per heavy atom. The molecule has 3 N–H and O–H groups in total. The molecule has 0 saturated heterocycles. The van der Waals surface area contributed by atoms with Crippen LogP contribution in [0.1, 0.15) is 32.6 Å². The first-order valence-corrected chi connectivity index (χ1v) is 3.60. The molecule has 2 nitrogen and oxygen atoms in total. The van der Waals surface area contributed by atoms with Gasteiger partial charge in [-0.05, 0) is 32.6 Å². The van der Waals surface area contributed by atoms with E-state index in [2.05, 4.69) is 0 Å². The maximum Gasteiger partial charge on any atom is 0.0662 e. The SMILES string of the molecule is CC(N)CC1(O)CCC1. The molecule has 9 heavy (non-hydrogen) atoms. The van der Waals surface area contributed by atoms with Crippen LogP contribution < -0.4 is 5.73 Å². The van der Waals surface area contributed by atoms with Gasteiger partial charge in [0.25, 0.3) is 0 Å². The average molecular weight is 129 g/mol. The summed E-state index contributed by atoms with van der Waals surface area (Å²) in [4.78, 5) is 0. The summed E-state index contributed by atoms with van der Waals surface area (Å²) in [6.07, 6.45) is 3.85. The van der Waals surface area contributed by atoms with Crippen molar-refractivity contribution in [2.45, 2.75) is 44.2 Å². The third kappa shape index (κ3) is 1.66. The fraction of sp³-hybridized carbons (Fsp3) is 1.00. The van der Waals surface area contributed by atoms with Gasteiger partial charge >= 0.3 is 0 Å². The predicted octanol–water partition coefficient (Wildman–Crippen LogP) is 0.639. The van der Waals surface area contributed by atoms with E-state index in [0.29, 0.717) is 0 Å². The molecule has 0 radical (unpaired) electrons. The van der Waals surface area contributed by atoms with Crippen molar-refractivity contribution in [2.75, 3.05) is 0 Å². The van der Waals surface area contributed by atoms with Crippen LogP contribution in [0.4, 0.5) is 0 Å². The van der Waals surface area contributed by atoms with Crippen molar-refractivity contribution in [1.29, 1.82) is 0 Å². The molecular weight excluding hydrogens is 114 g/mol. The quantitative estimate of drug-likeness (QED) is 0.574. The molecule has 0 amide bonds. The molecule has 1 aliphatic rings. The fourth-order valence-corrected chi connectivity index (χ4v) is 1.39. The number of hydrogen-bond donors (Lipinski definition) is 2. The summed E-state index contributed by atoms with van der Waals surface area (Å²) in [5, 5.41) is 9.50. The molecule has 0 aromatic carbocycles. The third-order valence-electron chi connectivity index (χ3n) is 1.99. The molecule has 54 valence electrons. The Labute approximate surface area is 56.1 Å². The summed E-state index contributed by atoms with van der Waals surface area (Å²) >= 11 is 0. The molecule has 1 unspecified atom stereocenters. The molecule has 2 heteroatoms. The number of rotatable bonds is 2. The van der Waals surface area contributed by atoms with Crippen molar-refractivity contribution in [3.63, 3.8) is 0 Å². The molecule has 0 aromatic rings. The summed E-state index contributed by atoms with van der Waals surface area (Å²) in [5.41, 5.74) is 5.15. The van der Waals surface area contributed by atoms with Crippen molar-refractivity contribution in [1.82, 2.24) is 0 Å². The Morgan fingerprint density at radius 1 is 1.67 bits per heavy atom. The van der Waals surface area contributed by atoms with Crippen molar-refractivity contribution in [3.05, 3.63) is 0 Å². The minimum atomic E-state index is -0.381. The second-order valence-corrected chi connectivity index (χ2v) is 3.26. The van der Waals surface area contributed by atoms with E-state index in [9.17, 15) is 5.11 Å². The van der Waals surface area contributed by atoms with E-state index in [1.165, 1.54) is 6.42 Å². The van der Waals surface area contributed by atoms with E-state index < -0.39 is 0 Å². The second kappa shape index (κ2) is 2.27. The first-order chi connectivity index (χ1) is 4.12. The molecule has 1 rings (SSSR count). The van der Waals surface area contributed by atoms with Crippen molar-refractivity contribution in [3.8, 4) is 0 Å². The van der Waals surface area contributed by atoms with Crippen LogP contribution in [0.25, 0.3) is 0 Å². The van der Waals surface area contributed by atoms with Gasteiger partial charge in [0.15, 0.2) is 0 Å². The summed E-state index contributed by atoms with van der Waals surface area (Å²) in [5.74, 6) is 0. The minimum absolute atomic E-state index is 0.148. The van der Waals surface area contributed by atoms with Crippen molar-refractivity contribution >= 4 is 0 Å². The largest absolute Gasteiger partial charge is 0.390 e. The van der Waals surface area contributed by atoms with Gasteiger partial charge in [-0.15, -0.1) is 0 Å². The van der Waals surface area contributed by atoms with E-state index >= 15 is 0 Å². The normalized spacial score (nSPS) is 27.0. The zero-order chi connectivity index (χ0) is 6.91. The predicted molar refractivity (Wildman–Crippen MR) is 37.1 cm³/mol. The zero-order valence-electron chi connectivity index (χ0n) is 5.93. The Morgan fingerprint density at radius 3 is 2.33 bits per heavy atom. The van der Waals surface area contributed by atoms with E-state index in [1.807, 2.05) is 6.92 Å². The molecule has 1 fully saturated rings. The van der Waals surface area contributed by atoms with Crippen LogP contribution in [0, 0.1) is 0 Å². The van der Waals surface area contributed by atoms with E-state index in [1.54, 1.807) is 0 Å². The first kappa shape index (κ1) is 7.03. The summed E-state index contributed by atoms with van der Waals surface area (Å²) in [7, 11) is 0. The molecule has 0 bridgehead atoms. The number of nitrogens with two attached hydrogens (primary N) is 1. The highest BCUT2D eigenvalue weighted by Crippen LogP contribution is 2.34. The topological polar surface area (TPSA) is 46.2 Å². The van der Waals surface area contributed by atoms with Crippen LogP contribution in [0.2, 0.25) is 0 Å². The van der Waals surface area contributed by atoms with Gasteiger partial charge in [-0.1, -0.05) is 0 Å². The monoisotopic (exact) mass is 129 g/mol. The maximum atomic E-state index is 9.50. The van der Waals surface area contributed by atoms with Gasteiger partial charge in [-0.25, -0.2) is 0 Å². The highest BCUT2D eigenvalue weighted by Gasteiger charge is 2.34. The lowest BCUT2D eigenvalue weighted by Crippen LogP contribution is -2.41. The Kier molecular flexibility index (Phi) is 1.78. The standard InChI is InChI=1S/C7H15NO/c1-6(8)5-7(9)3-2-4-7/h6,9H,2-5,8H2,1H3. The van der Waals surface area contributed by atoms with Crippen molar-refractivity contribution < 1.29 is 5.11 Å². The molecule has 1 saturated carbocycles. The lowest BCUT2D eigenvalue weighted by atomic mass is 9.76. The number of hydrogen-bond acceptors (Lipinski definition) is 2. The van der Waals surface area contributed by atoms with E-state index in [0.717, 1.165) is 19.3 Å². The van der Waals surface area contributed by atoms with Gasteiger partial charge in [-0.3, -0.25) is 0 Å². The Hall–Kier alpha value is -0.0800. The van der Waals surface area contributed by atoms with E-state index in [4.69, 9.17) is 5.73 Å². The van der Waals surface area contributed by atoms with Crippen LogP contribution in [-0.2, 0) is 0 Å². The van der Waals surface area contributed by atoms with Gasteiger partial charge in [0.2, 0.25) is 0 Å². The van der Waals surface area contributed by atoms with Gasteiger partial charge in [0.05, 0.1) is 5.60 Å². The molecule has 1 aliphatic carbocycles. The summed E-state index contributed by atoms with van der Waals surface area (Å²) in [6, 6.07) is 0.148. The van der Waals surface area contributed by atoms with E-state index in [-0.39, 0.29) is 11.6 Å². The highest BCUT2D eigenvalue weighted by molar-refractivity contribution is 4.89. The van der Waals surface area contributed by atoms with Gasteiger partial charge in [0.1, 0.15) is 0 Å². The number of aliphatic hydroxyl groups is 1. The first-order valence-electron chi connectivity index (χ1n) is 3.60. The molecule has 1 atom stereocenters. The smallest absolute Gasteiger partial charge is 0.0662 e. The lowest BCUT2D eigenvalue weighted by Gasteiger charge is -2.37. The van der Waals surface area contributed by atoms with Gasteiger partial charge in [-0.2, -0.15) is 0 Å². The van der Waals surface area contributed by atoms with Crippen LogP contribution in [0.3, 0.4) is 0 Å². The Balaban J connectivity index is 2.24. The van der Waals surface area contributed by atoms with Crippen LogP contribution >= 0.6 is 0 Å².